The molecule has 118 valence electrons. The molecule has 4 aromatic rings. The van der Waals surface area contributed by atoms with Crippen LogP contribution >= 0.6 is 0 Å². The first-order valence-electron chi connectivity index (χ1n) is 7.65. The van der Waals surface area contributed by atoms with Crippen LogP contribution in [0.5, 0.6) is 0 Å². The highest BCUT2D eigenvalue weighted by molar-refractivity contribution is 6.08. The van der Waals surface area contributed by atoms with E-state index in [0.29, 0.717) is 11.1 Å². The third-order valence-corrected chi connectivity index (χ3v) is 3.99. The molecule has 4 heteroatoms. The lowest BCUT2D eigenvalue weighted by atomic mass is 10.1. The van der Waals surface area contributed by atoms with Crippen LogP contribution in [0.4, 0.5) is 4.39 Å². The molecule has 0 aliphatic heterocycles. The van der Waals surface area contributed by atoms with Crippen molar-refractivity contribution in [2.75, 3.05) is 0 Å². The predicted molar refractivity (Wildman–Crippen MR) is 91.3 cm³/mol. The van der Waals surface area contributed by atoms with Crippen LogP contribution in [0.15, 0.2) is 71.1 Å². The van der Waals surface area contributed by atoms with E-state index in [9.17, 15) is 9.18 Å². The smallest absolute Gasteiger partial charge is 0.287 e. The van der Waals surface area contributed by atoms with Crippen molar-refractivity contribution in [1.82, 2.24) is 5.32 Å². The van der Waals surface area contributed by atoms with Gasteiger partial charge in [0.25, 0.3) is 5.91 Å². The Balaban J connectivity index is 1.61. The van der Waals surface area contributed by atoms with Crippen molar-refractivity contribution in [2.24, 2.45) is 0 Å². The van der Waals surface area contributed by atoms with Gasteiger partial charge in [0.2, 0.25) is 0 Å². The molecule has 24 heavy (non-hydrogen) atoms. The van der Waals surface area contributed by atoms with E-state index in [-0.39, 0.29) is 24.0 Å². The van der Waals surface area contributed by atoms with E-state index in [4.69, 9.17) is 4.42 Å². The van der Waals surface area contributed by atoms with Gasteiger partial charge in [-0.05, 0) is 40.6 Å². The molecule has 1 amide bonds. The molecule has 4 rings (SSSR count). The summed E-state index contributed by atoms with van der Waals surface area (Å²) in [5.41, 5.74) is 1.37. The molecule has 0 saturated carbocycles. The molecule has 3 nitrogen and oxygen atoms in total. The quantitative estimate of drug-likeness (QED) is 0.597. The molecule has 0 aliphatic carbocycles. The van der Waals surface area contributed by atoms with Gasteiger partial charge in [-0.1, -0.05) is 42.5 Å². The van der Waals surface area contributed by atoms with Crippen LogP contribution < -0.4 is 5.32 Å². The van der Waals surface area contributed by atoms with Gasteiger partial charge in [-0.2, -0.15) is 0 Å². The van der Waals surface area contributed by atoms with Crippen LogP contribution in [-0.4, -0.2) is 5.91 Å². The van der Waals surface area contributed by atoms with Crippen LogP contribution in [0, 0.1) is 5.82 Å². The number of carbonyl (C=O) groups is 1. The fraction of sp³-hybridized carbons (Fsp3) is 0.0500. The number of rotatable bonds is 3. The molecule has 1 heterocycles. The van der Waals surface area contributed by atoms with Gasteiger partial charge >= 0.3 is 0 Å². The second-order valence-corrected chi connectivity index (χ2v) is 5.62. The van der Waals surface area contributed by atoms with E-state index in [1.165, 1.54) is 12.1 Å². The van der Waals surface area contributed by atoms with Crippen molar-refractivity contribution < 1.29 is 13.6 Å². The Labute approximate surface area is 137 Å². The second-order valence-electron chi connectivity index (χ2n) is 5.62. The topological polar surface area (TPSA) is 42.2 Å². The first-order chi connectivity index (χ1) is 11.7. The largest absolute Gasteiger partial charge is 0.451 e. The summed E-state index contributed by atoms with van der Waals surface area (Å²) in [6.07, 6.45) is 0. The van der Waals surface area contributed by atoms with Crippen LogP contribution in [0.25, 0.3) is 21.7 Å². The maximum Gasteiger partial charge on any atom is 0.287 e. The van der Waals surface area contributed by atoms with E-state index in [0.717, 1.165) is 16.2 Å². The van der Waals surface area contributed by atoms with Gasteiger partial charge in [0.15, 0.2) is 5.76 Å². The van der Waals surface area contributed by atoms with Crippen molar-refractivity contribution in [3.8, 4) is 0 Å². The van der Waals surface area contributed by atoms with E-state index >= 15 is 0 Å². The summed E-state index contributed by atoms with van der Waals surface area (Å²) in [5.74, 6) is -0.394. The summed E-state index contributed by atoms with van der Waals surface area (Å²) >= 11 is 0. The highest BCUT2D eigenvalue weighted by Gasteiger charge is 2.13. The standard InChI is InChI=1S/C20H14FNO2/c21-15-6-3-4-13(10-15)12-22-20(23)19-11-17-16-7-2-1-5-14(16)8-9-18(17)24-19/h1-11H,12H2,(H,22,23). The maximum absolute atomic E-state index is 13.2. The SMILES string of the molecule is O=C(NCc1cccc(F)c1)c1cc2c(ccc3ccccc32)o1. The minimum Gasteiger partial charge on any atom is -0.451 e. The number of benzene rings is 3. The number of furan rings is 1. The van der Waals surface area contributed by atoms with E-state index in [2.05, 4.69) is 5.32 Å². The van der Waals surface area contributed by atoms with Crippen molar-refractivity contribution >= 4 is 27.6 Å². The lowest BCUT2D eigenvalue weighted by Gasteiger charge is -2.03. The van der Waals surface area contributed by atoms with Gasteiger partial charge in [0.05, 0.1) is 0 Å². The van der Waals surface area contributed by atoms with Crippen LogP contribution in [0.1, 0.15) is 16.1 Å². The summed E-state index contributed by atoms with van der Waals surface area (Å²) in [4.78, 5) is 12.3. The molecular formula is C20H14FNO2. The zero-order chi connectivity index (χ0) is 16.5. The Hall–Kier alpha value is -3.14. The molecule has 1 aromatic heterocycles. The summed E-state index contributed by atoms with van der Waals surface area (Å²) in [6, 6.07) is 19.7. The van der Waals surface area contributed by atoms with Gasteiger partial charge in [0.1, 0.15) is 11.4 Å². The molecule has 0 saturated heterocycles. The molecule has 0 unspecified atom stereocenters. The minimum absolute atomic E-state index is 0.244. The number of nitrogens with one attached hydrogen (secondary N) is 1. The number of carbonyl (C=O) groups excluding carboxylic acids is 1. The number of amides is 1. The third-order valence-electron chi connectivity index (χ3n) is 3.99. The van der Waals surface area contributed by atoms with Crippen molar-refractivity contribution in [1.29, 1.82) is 0 Å². The highest BCUT2D eigenvalue weighted by Crippen LogP contribution is 2.28. The Morgan fingerprint density at radius 3 is 2.71 bits per heavy atom. The van der Waals surface area contributed by atoms with Crippen molar-refractivity contribution in [3.63, 3.8) is 0 Å². The molecule has 0 spiro atoms. The molecule has 0 aliphatic rings. The normalized spacial score (nSPS) is 11.0. The Bertz CT molecular complexity index is 1050. The fourth-order valence-corrected chi connectivity index (χ4v) is 2.82. The minimum atomic E-state index is -0.322. The highest BCUT2D eigenvalue weighted by atomic mass is 19.1. The molecule has 1 N–H and O–H groups in total. The maximum atomic E-state index is 13.2. The van der Waals surface area contributed by atoms with Gasteiger partial charge in [-0.15, -0.1) is 0 Å². The van der Waals surface area contributed by atoms with Crippen molar-refractivity contribution in [3.05, 3.63) is 83.9 Å². The van der Waals surface area contributed by atoms with Gasteiger partial charge in [-0.25, -0.2) is 4.39 Å². The summed E-state index contributed by atoms with van der Waals surface area (Å²) < 4.78 is 18.8. The van der Waals surface area contributed by atoms with Crippen molar-refractivity contribution in [2.45, 2.75) is 6.54 Å². The molecule has 3 aromatic carbocycles. The van der Waals surface area contributed by atoms with Gasteiger partial charge in [0, 0.05) is 11.9 Å². The zero-order valence-corrected chi connectivity index (χ0v) is 12.8. The number of hydrogen-bond donors (Lipinski definition) is 1. The average molecular weight is 319 g/mol. The Morgan fingerprint density at radius 2 is 1.83 bits per heavy atom. The lowest BCUT2D eigenvalue weighted by Crippen LogP contribution is -2.22. The lowest BCUT2D eigenvalue weighted by molar-refractivity contribution is 0.0925. The molecule has 0 atom stereocenters. The van der Waals surface area contributed by atoms with Crippen LogP contribution in [-0.2, 0) is 6.54 Å². The van der Waals surface area contributed by atoms with E-state index < -0.39 is 0 Å². The first-order valence-corrected chi connectivity index (χ1v) is 7.65. The molecule has 0 radical (unpaired) electrons. The number of fused-ring (bicyclic) bond motifs is 3. The summed E-state index contributed by atoms with van der Waals surface area (Å²) in [7, 11) is 0. The molecular weight excluding hydrogens is 305 g/mol. The average Bonchev–Trinajstić information content (AvgIpc) is 3.04. The van der Waals surface area contributed by atoms with Gasteiger partial charge < -0.3 is 9.73 Å². The van der Waals surface area contributed by atoms with Gasteiger partial charge in [-0.3, -0.25) is 4.79 Å². The third kappa shape index (κ3) is 2.63. The predicted octanol–water partition coefficient (Wildman–Crippen LogP) is 4.66. The summed E-state index contributed by atoms with van der Waals surface area (Å²) in [5, 5.41) is 5.80. The summed E-state index contributed by atoms with van der Waals surface area (Å²) in [6.45, 7) is 0.244. The van der Waals surface area contributed by atoms with E-state index in [1.807, 2.05) is 36.4 Å². The Morgan fingerprint density at radius 1 is 0.958 bits per heavy atom. The molecule has 0 bridgehead atoms. The number of hydrogen-bond acceptors (Lipinski definition) is 2. The second kappa shape index (κ2) is 5.81. The van der Waals surface area contributed by atoms with Crippen LogP contribution in [0.2, 0.25) is 0 Å². The first kappa shape index (κ1) is 14.5. The van der Waals surface area contributed by atoms with E-state index in [1.54, 1.807) is 18.2 Å². The monoisotopic (exact) mass is 319 g/mol. The zero-order valence-electron chi connectivity index (χ0n) is 12.8. The Kier molecular flexibility index (Phi) is 3.50. The molecule has 0 fully saturated rings. The number of halogens is 1. The van der Waals surface area contributed by atoms with Crippen LogP contribution in [0.3, 0.4) is 0 Å². The fourth-order valence-electron chi connectivity index (χ4n) is 2.82.